The number of nitriles is 1. The second kappa shape index (κ2) is 14.3. The molecule has 3 aliphatic rings. The first-order valence-corrected chi connectivity index (χ1v) is 19.0. The number of fused-ring (bicyclic) bond motifs is 2. The van der Waals surface area contributed by atoms with Gasteiger partial charge in [0.15, 0.2) is 0 Å². The molecule has 1 fully saturated rings. The summed E-state index contributed by atoms with van der Waals surface area (Å²) in [5.41, 5.74) is 10.7. The van der Waals surface area contributed by atoms with E-state index in [4.69, 9.17) is 0 Å². The number of anilines is 2. The van der Waals surface area contributed by atoms with Crippen LogP contribution in [0.4, 0.5) is 11.4 Å². The van der Waals surface area contributed by atoms with Crippen LogP contribution in [0, 0.1) is 25.2 Å². The zero-order valence-corrected chi connectivity index (χ0v) is 31.5. The van der Waals surface area contributed by atoms with Gasteiger partial charge in [-0.1, -0.05) is 24.3 Å². The standard InChI is InChI=1S/C44H47N7O3/c1-28-38(44(54)51(34-11-13-37(52)14-12-34)41-22-35(24-45)47(3)29(41)2)23-42(48(28)4)39-20-31-15-16-46-25-33(31)21-40(39)43(53)50-26-32-10-6-5-9-30(32)19-36(50)27-49-17-7-8-18-49/h5-6,9-14,20-23,36,46,52H,7-8,15-19,25-27H2,1-4H3/t36-/m0/s1. The van der Waals surface area contributed by atoms with E-state index in [0.717, 1.165) is 67.2 Å². The van der Waals surface area contributed by atoms with Crippen molar-refractivity contribution in [3.63, 3.8) is 0 Å². The van der Waals surface area contributed by atoms with Crippen LogP contribution in [0.3, 0.4) is 0 Å². The molecule has 0 unspecified atom stereocenters. The Labute approximate surface area is 316 Å². The number of likely N-dealkylation sites (tertiary alicyclic amines) is 1. The Morgan fingerprint density at radius 2 is 1.63 bits per heavy atom. The smallest absolute Gasteiger partial charge is 0.264 e. The molecule has 1 saturated heterocycles. The third-order valence-electron chi connectivity index (χ3n) is 12.0. The Morgan fingerprint density at radius 1 is 0.889 bits per heavy atom. The Kier molecular flexibility index (Phi) is 9.38. The Bertz CT molecular complexity index is 2310. The largest absolute Gasteiger partial charge is 0.508 e. The van der Waals surface area contributed by atoms with Crippen molar-refractivity contribution in [2.75, 3.05) is 31.1 Å². The van der Waals surface area contributed by atoms with Crippen molar-refractivity contribution in [2.24, 2.45) is 14.1 Å². The molecule has 3 aliphatic heterocycles. The van der Waals surface area contributed by atoms with Gasteiger partial charge in [-0.05, 0) is 130 Å². The molecule has 0 aliphatic carbocycles. The highest BCUT2D eigenvalue weighted by Crippen LogP contribution is 2.38. The lowest BCUT2D eigenvalue weighted by atomic mass is 9.89. The number of phenols is 1. The van der Waals surface area contributed by atoms with E-state index in [2.05, 4.69) is 57.6 Å². The van der Waals surface area contributed by atoms with E-state index >= 15 is 4.79 Å². The van der Waals surface area contributed by atoms with Crippen molar-refractivity contribution < 1.29 is 14.7 Å². The number of benzene rings is 3. The highest BCUT2D eigenvalue weighted by Gasteiger charge is 2.35. The molecule has 3 aromatic carbocycles. The van der Waals surface area contributed by atoms with Crippen molar-refractivity contribution in [3.05, 3.63) is 123 Å². The molecule has 0 spiro atoms. The fraction of sp³-hybridized carbons (Fsp3) is 0.341. The van der Waals surface area contributed by atoms with E-state index < -0.39 is 0 Å². The van der Waals surface area contributed by atoms with Crippen LogP contribution in [0.1, 0.15) is 72.9 Å². The van der Waals surface area contributed by atoms with E-state index in [9.17, 15) is 15.2 Å². The van der Waals surface area contributed by atoms with Crippen LogP contribution >= 0.6 is 0 Å². The molecule has 2 amide bonds. The van der Waals surface area contributed by atoms with Gasteiger partial charge in [0, 0.05) is 73.7 Å². The summed E-state index contributed by atoms with van der Waals surface area (Å²) in [6.07, 6.45) is 4.06. The van der Waals surface area contributed by atoms with E-state index in [1.165, 1.54) is 29.5 Å². The van der Waals surface area contributed by atoms with E-state index in [-0.39, 0.29) is 23.6 Å². The number of carbonyl (C=O) groups excluding carboxylic acids is 2. The lowest BCUT2D eigenvalue weighted by Gasteiger charge is -2.39. The number of aromatic nitrogens is 2. The lowest BCUT2D eigenvalue weighted by Crippen LogP contribution is -2.49. The minimum Gasteiger partial charge on any atom is -0.508 e. The number of phenolic OH excluding ortho intramolecular Hbond substituents is 1. The number of hydrogen-bond donors (Lipinski definition) is 2. The third-order valence-corrected chi connectivity index (χ3v) is 12.0. The van der Waals surface area contributed by atoms with E-state index in [1.807, 2.05) is 38.6 Å². The summed E-state index contributed by atoms with van der Waals surface area (Å²) in [4.78, 5) is 36.3. The number of nitrogens with one attached hydrogen (secondary N) is 1. The van der Waals surface area contributed by atoms with Gasteiger partial charge in [-0.15, -0.1) is 0 Å². The van der Waals surface area contributed by atoms with Gasteiger partial charge in [0.25, 0.3) is 11.8 Å². The molecule has 0 saturated carbocycles. The van der Waals surface area contributed by atoms with Gasteiger partial charge in [0.05, 0.1) is 11.3 Å². The number of rotatable bonds is 7. The molecule has 2 aromatic heterocycles. The Hall–Kier alpha value is -5.63. The SMILES string of the molecule is Cc1c(N(C(=O)c2cc(-c3cc4c(cc3C(=O)N3Cc5ccccc5C[C@H]3CN3CCCC3)CNCC4)n(C)c2C)c2ccc(O)cc2)cc(C#N)n1C. The predicted molar refractivity (Wildman–Crippen MR) is 210 cm³/mol. The third kappa shape index (κ3) is 6.27. The van der Waals surface area contributed by atoms with Crippen LogP contribution < -0.4 is 10.2 Å². The van der Waals surface area contributed by atoms with Crippen LogP contribution in [0.2, 0.25) is 0 Å². The molecular weight excluding hydrogens is 675 g/mol. The molecule has 54 heavy (non-hydrogen) atoms. The average molecular weight is 722 g/mol. The number of hydrogen-bond acceptors (Lipinski definition) is 6. The number of nitrogens with zero attached hydrogens (tertiary/aromatic N) is 6. The highest BCUT2D eigenvalue weighted by molar-refractivity contribution is 6.13. The summed E-state index contributed by atoms with van der Waals surface area (Å²) in [6.45, 7) is 8.92. The summed E-state index contributed by atoms with van der Waals surface area (Å²) in [5.74, 6) is -0.170. The van der Waals surface area contributed by atoms with E-state index in [0.29, 0.717) is 41.3 Å². The quantitative estimate of drug-likeness (QED) is 0.198. The van der Waals surface area contributed by atoms with Crippen LogP contribution in [-0.4, -0.2) is 68.1 Å². The average Bonchev–Trinajstić information content (AvgIpc) is 3.89. The molecule has 8 rings (SSSR count). The van der Waals surface area contributed by atoms with Crippen LogP contribution in [-0.2, 0) is 40.0 Å². The number of carbonyl (C=O) groups is 2. The van der Waals surface area contributed by atoms with Crippen LogP contribution in [0.5, 0.6) is 5.75 Å². The maximum Gasteiger partial charge on any atom is 0.264 e. The monoisotopic (exact) mass is 721 g/mol. The zero-order chi connectivity index (χ0) is 37.7. The van der Waals surface area contributed by atoms with Gasteiger partial charge < -0.3 is 29.4 Å². The molecule has 5 aromatic rings. The Morgan fingerprint density at radius 3 is 2.35 bits per heavy atom. The van der Waals surface area contributed by atoms with Gasteiger partial charge >= 0.3 is 0 Å². The topological polar surface area (TPSA) is 110 Å². The second-order valence-corrected chi connectivity index (χ2v) is 15.1. The second-order valence-electron chi connectivity index (χ2n) is 15.1. The van der Waals surface area contributed by atoms with Gasteiger partial charge in [-0.2, -0.15) is 5.26 Å². The first-order valence-electron chi connectivity index (χ1n) is 19.0. The van der Waals surface area contributed by atoms with Gasteiger partial charge in [0.1, 0.15) is 17.5 Å². The van der Waals surface area contributed by atoms with Crippen molar-refractivity contribution in [1.29, 1.82) is 5.26 Å². The first kappa shape index (κ1) is 35.4. The highest BCUT2D eigenvalue weighted by atomic mass is 16.3. The minimum atomic E-state index is -0.272. The maximum atomic E-state index is 15.2. The maximum absolute atomic E-state index is 15.2. The fourth-order valence-electron chi connectivity index (χ4n) is 8.61. The van der Waals surface area contributed by atoms with Crippen LogP contribution in [0.25, 0.3) is 11.3 Å². The van der Waals surface area contributed by atoms with Gasteiger partial charge in [-0.3, -0.25) is 14.5 Å². The molecule has 10 heteroatoms. The summed E-state index contributed by atoms with van der Waals surface area (Å²) in [6, 6.07) is 25.2. The number of aromatic hydroxyl groups is 1. The summed E-state index contributed by atoms with van der Waals surface area (Å²) in [7, 11) is 3.76. The molecule has 0 radical (unpaired) electrons. The zero-order valence-electron chi connectivity index (χ0n) is 31.5. The molecule has 10 nitrogen and oxygen atoms in total. The molecule has 1 atom stereocenters. The van der Waals surface area contributed by atoms with Crippen molar-refractivity contribution >= 4 is 23.2 Å². The van der Waals surface area contributed by atoms with Gasteiger partial charge in [0.2, 0.25) is 0 Å². The minimum absolute atomic E-state index is 0.0125. The van der Waals surface area contributed by atoms with Crippen molar-refractivity contribution in [1.82, 2.24) is 24.3 Å². The predicted octanol–water partition coefficient (Wildman–Crippen LogP) is 6.51. The van der Waals surface area contributed by atoms with Crippen LogP contribution in [0.15, 0.2) is 72.8 Å². The number of amides is 2. The molecular formula is C44H47N7O3. The Balaban J connectivity index is 1.24. The molecule has 276 valence electrons. The van der Waals surface area contributed by atoms with Crippen molar-refractivity contribution in [3.8, 4) is 23.1 Å². The van der Waals surface area contributed by atoms with Gasteiger partial charge in [-0.25, -0.2) is 0 Å². The normalized spacial score (nSPS) is 16.9. The summed E-state index contributed by atoms with van der Waals surface area (Å²) in [5, 5.41) is 23.4. The molecule has 0 bridgehead atoms. The van der Waals surface area contributed by atoms with Crippen molar-refractivity contribution in [2.45, 2.75) is 58.7 Å². The molecule has 5 heterocycles. The summed E-state index contributed by atoms with van der Waals surface area (Å²) < 4.78 is 3.79. The lowest BCUT2D eigenvalue weighted by molar-refractivity contribution is 0.0594. The summed E-state index contributed by atoms with van der Waals surface area (Å²) >= 11 is 0. The molecule has 2 N–H and O–H groups in total. The fourth-order valence-corrected chi connectivity index (χ4v) is 8.61. The first-order chi connectivity index (χ1) is 26.1. The van der Waals surface area contributed by atoms with E-state index in [1.54, 1.807) is 39.8 Å².